The van der Waals surface area contributed by atoms with Crippen molar-refractivity contribution in [3.63, 3.8) is 0 Å². The average molecular weight is 369 g/mol. The Labute approximate surface area is 165 Å². The summed E-state index contributed by atoms with van der Waals surface area (Å²) in [5, 5.41) is 10.5. The van der Waals surface area contributed by atoms with Gasteiger partial charge in [-0.25, -0.2) is 0 Å². The molecule has 3 N–H and O–H groups in total. The van der Waals surface area contributed by atoms with Crippen molar-refractivity contribution in [1.29, 1.82) is 0 Å². The van der Waals surface area contributed by atoms with Gasteiger partial charge in [-0.1, -0.05) is 24.3 Å². The van der Waals surface area contributed by atoms with Gasteiger partial charge in [-0.3, -0.25) is 0 Å². The van der Waals surface area contributed by atoms with E-state index in [4.69, 9.17) is 0 Å². The molecule has 1 fully saturated rings. The third-order valence-electron chi connectivity index (χ3n) is 5.99. The van der Waals surface area contributed by atoms with Gasteiger partial charge in [0, 0.05) is 26.7 Å². The number of hydrogen-bond acceptors (Lipinski definition) is 4. The third-order valence-corrected chi connectivity index (χ3v) is 5.99. The monoisotopic (exact) mass is 368 g/mol. The lowest BCUT2D eigenvalue weighted by Crippen LogP contribution is -2.45. The highest BCUT2D eigenvalue weighted by Crippen LogP contribution is 2.32. The molecule has 27 heavy (non-hydrogen) atoms. The second-order valence-electron chi connectivity index (χ2n) is 8.08. The van der Waals surface area contributed by atoms with E-state index in [1.54, 1.807) is 0 Å². The molecular formula is C23H36N4. The Morgan fingerprint density at radius 3 is 3.04 bits per heavy atom. The quantitative estimate of drug-likeness (QED) is 0.476. The van der Waals surface area contributed by atoms with Gasteiger partial charge in [-0.05, 0) is 75.4 Å². The predicted molar refractivity (Wildman–Crippen MR) is 117 cm³/mol. The van der Waals surface area contributed by atoms with E-state index < -0.39 is 0 Å². The van der Waals surface area contributed by atoms with Crippen molar-refractivity contribution in [1.82, 2.24) is 10.6 Å². The van der Waals surface area contributed by atoms with Gasteiger partial charge in [0.1, 0.15) is 0 Å². The average Bonchev–Trinajstić information content (AvgIpc) is 2.68. The Morgan fingerprint density at radius 2 is 2.22 bits per heavy atom. The molecule has 148 valence electrons. The number of nitrogens with zero attached hydrogens (tertiary/aromatic N) is 1. The zero-order valence-electron chi connectivity index (χ0n) is 17.1. The Hall–Kier alpha value is -1.94. The molecule has 0 amide bonds. The van der Waals surface area contributed by atoms with Gasteiger partial charge in [-0.2, -0.15) is 0 Å². The van der Waals surface area contributed by atoms with E-state index in [9.17, 15) is 0 Å². The smallest absolute Gasteiger partial charge is 0.0701 e. The maximum Gasteiger partial charge on any atom is 0.0701 e. The van der Waals surface area contributed by atoms with Crippen molar-refractivity contribution in [3.8, 4) is 0 Å². The number of hydrogen-bond donors (Lipinski definition) is 3. The van der Waals surface area contributed by atoms with Crippen molar-refractivity contribution in [2.45, 2.75) is 44.6 Å². The van der Waals surface area contributed by atoms with Crippen LogP contribution in [0, 0.1) is 5.92 Å². The molecule has 1 aliphatic carbocycles. The second kappa shape index (κ2) is 9.84. The lowest BCUT2D eigenvalue weighted by molar-refractivity contribution is 0.383. The summed E-state index contributed by atoms with van der Waals surface area (Å²) in [4.78, 5) is 2.39. The highest BCUT2D eigenvalue weighted by Gasteiger charge is 2.25. The van der Waals surface area contributed by atoms with Crippen LogP contribution in [-0.2, 0) is 0 Å². The SMILES string of the molecule is C=C1CCCC(CCCN/C=C(\CNC)C2CNc3ccccc3N2C)C1. The molecule has 4 heteroatoms. The van der Waals surface area contributed by atoms with Gasteiger partial charge in [0.2, 0.25) is 0 Å². The molecule has 3 rings (SSSR count). The van der Waals surface area contributed by atoms with Gasteiger partial charge in [0.15, 0.2) is 0 Å². The fraction of sp³-hybridized carbons (Fsp3) is 0.565. The largest absolute Gasteiger partial charge is 0.391 e. The molecule has 1 aliphatic heterocycles. The normalized spacial score (nSPS) is 23.0. The maximum absolute atomic E-state index is 4.18. The Kier molecular flexibility index (Phi) is 7.22. The molecule has 2 unspecified atom stereocenters. The van der Waals surface area contributed by atoms with Crippen molar-refractivity contribution < 1.29 is 0 Å². The first-order valence-corrected chi connectivity index (χ1v) is 10.5. The molecule has 1 aromatic carbocycles. The number of nitrogens with one attached hydrogen (secondary N) is 3. The highest BCUT2D eigenvalue weighted by atomic mass is 15.2. The molecule has 1 heterocycles. The number of allylic oxidation sites excluding steroid dienone is 1. The van der Waals surface area contributed by atoms with Gasteiger partial charge >= 0.3 is 0 Å². The third kappa shape index (κ3) is 5.29. The van der Waals surface area contributed by atoms with Crippen molar-refractivity contribution >= 4 is 11.4 Å². The highest BCUT2D eigenvalue weighted by molar-refractivity contribution is 5.73. The van der Waals surface area contributed by atoms with Crippen LogP contribution in [0.25, 0.3) is 0 Å². The zero-order chi connectivity index (χ0) is 19.1. The van der Waals surface area contributed by atoms with E-state index in [2.05, 4.69) is 64.9 Å². The lowest BCUT2D eigenvalue weighted by Gasteiger charge is -2.38. The summed E-state index contributed by atoms with van der Waals surface area (Å²) >= 11 is 0. The summed E-state index contributed by atoms with van der Waals surface area (Å²) in [6.45, 7) is 7.07. The molecule has 2 atom stereocenters. The molecule has 1 saturated carbocycles. The van der Waals surface area contributed by atoms with Gasteiger partial charge in [0.25, 0.3) is 0 Å². The van der Waals surface area contributed by atoms with Crippen LogP contribution in [0.3, 0.4) is 0 Å². The van der Waals surface area contributed by atoms with Crippen LogP contribution >= 0.6 is 0 Å². The van der Waals surface area contributed by atoms with E-state index in [1.165, 1.54) is 61.0 Å². The van der Waals surface area contributed by atoms with Crippen LogP contribution in [0.2, 0.25) is 0 Å². The Morgan fingerprint density at radius 1 is 1.37 bits per heavy atom. The Bertz CT molecular complexity index is 652. The van der Waals surface area contributed by atoms with E-state index in [1.807, 2.05) is 7.05 Å². The molecule has 1 aromatic rings. The number of likely N-dealkylation sites (N-methyl/N-ethyl adjacent to an activating group) is 2. The second-order valence-corrected chi connectivity index (χ2v) is 8.08. The minimum Gasteiger partial charge on any atom is -0.391 e. The molecule has 4 nitrogen and oxygen atoms in total. The molecular weight excluding hydrogens is 332 g/mol. The maximum atomic E-state index is 4.18. The number of fused-ring (bicyclic) bond motifs is 1. The summed E-state index contributed by atoms with van der Waals surface area (Å²) in [6.07, 6.45) is 10.0. The molecule has 0 spiro atoms. The Balaban J connectivity index is 1.51. The molecule has 0 radical (unpaired) electrons. The van der Waals surface area contributed by atoms with E-state index in [0.29, 0.717) is 6.04 Å². The topological polar surface area (TPSA) is 39.3 Å². The van der Waals surface area contributed by atoms with Gasteiger partial charge in [-0.15, -0.1) is 0 Å². The molecule has 0 saturated heterocycles. The van der Waals surface area contributed by atoms with Crippen LogP contribution in [0.5, 0.6) is 0 Å². The predicted octanol–water partition coefficient (Wildman–Crippen LogP) is 4.14. The molecule has 0 bridgehead atoms. The van der Waals surface area contributed by atoms with Crippen LogP contribution in [0.15, 0.2) is 48.2 Å². The van der Waals surface area contributed by atoms with Crippen molar-refractivity contribution in [2.24, 2.45) is 5.92 Å². The number of benzene rings is 1. The van der Waals surface area contributed by atoms with Crippen LogP contribution in [0.4, 0.5) is 11.4 Å². The van der Waals surface area contributed by atoms with Crippen LogP contribution in [-0.4, -0.2) is 39.8 Å². The van der Waals surface area contributed by atoms with Gasteiger partial charge in [0.05, 0.1) is 17.4 Å². The molecule has 0 aromatic heterocycles. The summed E-state index contributed by atoms with van der Waals surface area (Å²) in [7, 11) is 4.22. The first-order chi connectivity index (χ1) is 13.2. The minimum absolute atomic E-state index is 0.363. The fourth-order valence-electron chi connectivity index (χ4n) is 4.49. The number of rotatable bonds is 8. The number of para-hydroxylation sites is 2. The standard InChI is InChI=1S/C23H36N4/c1-18-8-6-9-19(14-18)10-7-13-25-16-20(15-24-2)23-17-26-21-11-4-5-12-22(21)27(23)3/h4-5,11-12,16,19,23-26H,1,6-10,13-15,17H2,2-3H3/b20-16+. The van der Waals surface area contributed by atoms with Crippen LogP contribution in [0.1, 0.15) is 38.5 Å². The first-order valence-electron chi connectivity index (χ1n) is 10.5. The summed E-state index contributed by atoms with van der Waals surface area (Å²) < 4.78 is 0. The fourth-order valence-corrected chi connectivity index (χ4v) is 4.49. The lowest BCUT2D eigenvalue weighted by atomic mass is 9.83. The minimum atomic E-state index is 0.363. The summed E-state index contributed by atoms with van der Waals surface area (Å²) in [5.74, 6) is 0.860. The van der Waals surface area contributed by atoms with E-state index >= 15 is 0 Å². The van der Waals surface area contributed by atoms with E-state index in [-0.39, 0.29) is 0 Å². The van der Waals surface area contributed by atoms with Crippen LogP contribution < -0.4 is 20.9 Å². The van der Waals surface area contributed by atoms with Gasteiger partial charge < -0.3 is 20.9 Å². The summed E-state index contributed by atoms with van der Waals surface area (Å²) in [5.41, 5.74) is 5.35. The molecule has 2 aliphatic rings. The summed E-state index contributed by atoms with van der Waals surface area (Å²) in [6, 6.07) is 8.91. The van der Waals surface area contributed by atoms with Crippen molar-refractivity contribution in [2.75, 3.05) is 43.9 Å². The first kappa shape index (κ1) is 19.8. The van der Waals surface area contributed by atoms with Crippen molar-refractivity contribution in [3.05, 3.63) is 48.2 Å². The number of anilines is 2. The van der Waals surface area contributed by atoms with E-state index in [0.717, 1.165) is 25.6 Å². The zero-order valence-corrected chi connectivity index (χ0v) is 17.1.